The van der Waals surface area contributed by atoms with Crippen molar-refractivity contribution in [2.45, 2.75) is 40.2 Å². The van der Waals surface area contributed by atoms with Crippen LogP contribution in [0.4, 0.5) is 0 Å². The number of hydrogen-bond donors (Lipinski definition) is 1. The van der Waals surface area contributed by atoms with Gasteiger partial charge >= 0.3 is 6.08 Å². The van der Waals surface area contributed by atoms with Crippen LogP contribution in [-0.2, 0) is 6.54 Å². The molecule has 0 bridgehead atoms. The van der Waals surface area contributed by atoms with Gasteiger partial charge in [-0.3, -0.25) is 0 Å². The number of hydrogen-bond acceptors (Lipinski definition) is 4. The van der Waals surface area contributed by atoms with E-state index >= 15 is 0 Å². The standard InChI is InChI=1S/C12H22N2O2/c1-4-6-10(3)8-15-12-14-11(9-16-12)7-13-5-2/h9-10,13H,4-8H2,1-3H3. The molecule has 1 atom stereocenters. The molecular weight excluding hydrogens is 204 g/mol. The molecule has 0 amide bonds. The number of oxazole rings is 1. The molecule has 4 nitrogen and oxygen atoms in total. The molecule has 1 unspecified atom stereocenters. The van der Waals surface area contributed by atoms with E-state index < -0.39 is 0 Å². The zero-order valence-electron chi connectivity index (χ0n) is 10.5. The maximum atomic E-state index is 5.48. The predicted octanol–water partition coefficient (Wildman–Crippen LogP) is 2.60. The SMILES string of the molecule is CCCC(C)COc1nc(CNCC)co1. The van der Waals surface area contributed by atoms with Gasteiger partial charge in [0.15, 0.2) is 0 Å². The third-order valence-electron chi connectivity index (χ3n) is 2.36. The first kappa shape index (κ1) is 13.0. The fourth-order valence-corrected chi connectivity index (χ4v) is 1.48. The van der Waals surface area contributed by atoms with Gasteiger partial charge in [0.05, 0.1) is 12.3 Å². The summed E-state index contributed by atoms with van der Waals surface area (Å²) in [5, 5.41) is 3.18. The number of nitrogens with one attached hydrogen (secondary N) is 1. The van der Waals surface area contributed by atoms with E-state index in [9.17, 15) is 0 Å². The third-order valence-corrected chi connectivity index (χ3v) is 2.36. The van der Waals surface area contributed by atoms with E-state index in [1.54, 1.807) is 6.26 Å². The minimum Gasteiger partial charge on any atom is -0.450 e. The third kappa shape index (κ3) is 4.66. The van der Waals surface area contributed by atoms with Gasteiger partial charge in [0.2, 0.25) is 0 Å². The van der Waals surface area contributed by atoms with Crippen LogP contribution in [0.25, 0.3) is 0 Å². The summed E-state index contributed by atoms with van der Waals surface area (Å²) in [7, 11) is 0. The first-order valence-corrected chi connectivity index (χ1v) is 6.04. The Morgan fingerprint density at radius 2 is 2.31 bits per heavy atom. The van der Waals surface area contributed by atoms with Crippen molar-refractivity contribution in [2.24, 2.45) is 5.92 Å². The van der Waals surface area contributed by atoms with Gasteiger partial charge in [0.1, 0.15) is 6.26 Å². The molecule has 1 aromatic heterocycles. The topological polar surface area (TPSA) is 47.3 Å². The zero-order chi connectivity index (χ0) is 11.8. The Kier molecular flexibility index (Phi) is 5.93. The lowest BCUT2D eigenvalue weighted by Crippen LogP contribution is -2.12. The second-order valence-electron chi connectivity index (χ2n) is 4.09. The molecule has 0 radical (unpaired) electrons. The number of nitrogens with zero attached hydrogens (tertiary/aromatic N) is 1. The van der Waals surface area contributed by atoms with Crippen molar-refractivity contribution in [1.29, 1.82) is 0 Å². The van der Waals surface area contributed by atoms with Crippen LogP contribution in [0, 0.1) is 5.92 Å². The Balaban J connectivity index is 2.28. The molecule has 0 saturated heterocycles. The molecule has 1 rings (SSSR count). The van der Waals surface area contributed by atoms with Gasteiger partial charge in [0.25, 0.3) is 0 Å². The van der Waals surface area contributed by atoms with Crippen LogP contribution in [-0.4, -0.2) is 18.1 Å². The molecule has 0 fully saturated rings. The average molecular weight is 226 g/mol. The van der Waals surface area contributed by atoms with Gasteiger partial charge in [0, 0.05) is 6.54 Å². The highest BCUT2D eigenvalue weighted by molar-refractivity contribution is 4.99. The van der Waals surface area contributed by atoms with E-state index in [0.29, 0.717) is 18.6 Å². The van der Waals surface area contributed by atoms with Crippen LogP contribution in [0.3, 0.4) is 0 Å². The highest BCUT2D eigenvalue weighted by Gasteiger charge is 2.07. The molecule has 16 heavy (non-hydrogen) atoms. The van der Waals surface area contributed by atoms with Crippen LogP contribution < -0.4 is 10.1 Å². The van der Waals surface area contributed by atoms with Crippen LogP contribution in [0.2, 0.25) is 0 Å². The van der Waals surface area contributed by atoms with Gasteiger partial charge in [-0.25, -0.2) is 0 Å². The summed E-state index contributed by atoms with van der Waals surface area (Å²) in [4.78, 5) is 4.23. The van der Waals surface area contributed by atoms with Crippen LogP contribution in [0.15, 0.2) is 10.7 Å². The molecule has 0 aromatic carbocycles. The largest absolute Gasteiger partial charge is 0.450 e. The molecule has 1 aromatic rings. The van der Waals surface area contributed by atoms with E-state index in [-0.39, 0.29) is 0 Å². The predicted molar refractivity (Wildman–Crippen MR) is 63.5 cm³/mol. The molecule has 0 aliphatic carbocycles. The Morgan fingerprint density at radius 1 is 1.50 bits per heavy atom. The van der Waals surface area contributed by atoms with Crippen LogP contribution in [0.1, 0.15) is 39.3 Å². The highest BCUT2D eigenvalue weighted by atomic mass is 16.6. The normalized spacial score (nSPS) is 12.7. The minimum absolute atomic E-state index is 0.385. The van der Waals surface area contributed by atoms with Crippen molar-refractivity contribution < 1.29 is 9.15 Å². The summed E-state index contributed by atoms with van der Waals surface area (Å²) in [6.07, 6.45) is 4.38. The Bertz CT molecular complexity index is 286. The number of aromatic nitrogens is 1. The van der Waals surface area contributed by atoms with Crippen molar-refractivity contribution in [2.75, 3.05) is 13.2 Å². The lowest BCUT2D eigenvalue weighted by Gasteiger charge is -2.08. The van der Waals surface area contributed by atoms with Gasteiger partial charge in [-0.1, -0.05) is 27.2 Å². The first-order chi connectivity index (χ1) is 7.76. The zero-order valence-corrected chi connectivity index (χ0v) is 10.5. The second-order valence-corrected chi connectivity index (χ2v) is 4.09. The smallest absolute Gasteiger partial charge is 0.393 e. The summed E-state index contributed by atoms with van der Waals surface area (Å²) >= 11 is 0. The molecule has 92 valence electrons. The summed E-state index contributed by atoms with van der Waals surface area (Å²) < 4.78 is 10.7. The van der Waals surface area contributed by atoms with Crippen molar-refractivity contribution in [3.8, 4) is 6.08 Å². The van der Waals surface area contributed by atoms with Crippen molar-refractivity contribution in [1.82, 2.24) is 10.3 Å². The van der Waals surface area contributed by atoms with Crippen LogP contribution in [0.5, 0.6) is 6.08 Å². The molecule has 0 spiro atoms. The fraction of sp³-hybridized carbons (Fsp3) is 0.750. The lowest BCUT2D eigenvalue weighted by molar-refractivity contribution is 0.190. The molecule has 4 heteroatoms. The quantitative estimate of drug-likeness (QED) is 0.740. The Morgan fingerprint density at radius 3 is 3.00 bits per heavy atom. The highest BCUT2D eigenvalue weighted by Crippen LogP contribution is 2.12. The molecule has 0 aliphatic heterocycles. The summed E-state index contributed by atoms with van der Waals surface area (Å²) in [5.41, 5.74) is 0.889. The summed E-state index contributed by atoms with van der Waals surface area (Å²) in [5.74, 6) is 0.550. The molecule has 1 N–H and O–H groups in total. The molecule has 0 aliphatic rings. The van der Waals surface area contributed by atoms with Gasteiger partial charge in [-0.15, -0.1) is 0 Å². The number of rotatable bonds is 8. The van der Waals surface area contributed by atoms with E-state index in [4.69, 9.17) is 9.15 Å². The number of ether oxygens (including phenoxy) is 1. The van der Waals surface area contributed by atoms with E-state index in [0.717, 1.165) is 18.8 Å². The Labute approximate surface area is 97.4 Å². The van der Waals surface area contributed by atoms with Gasteiger partial charge in [-0.2, -0.15) is 4.98 Å². The van der Waals surface area contributed by atoms with E-state index in [2.05, 4.69) is 31.1 Å². The van der Waals surface area contributed by atoms with E-state index in [1.165, 1.54) is 12.8 Å². The van der Waals surface area contributed by atoms with Crippen molar-refractivity contribution in [3.05, 3.63) is 12.0 Å². The summed E-state index contributed by atoms with van der Waals surface area (Å²) in [6.45, 7) is 8.74. The molecule has 1 heterocycles. The van der Waals surface area contributed by atoms with E-state index in [1.807, 2.05) is 0 Å². The first-order valence-electron chi connectivity index (χ1n) is 6.04. The van der Waals surface area contributed by atoms with Crippen molar-refractivity contribution >= 4 is 0 Å². The maximum Gasteiger partial charge on any atom is 0.393 e. The average Bonchev–Trinajstić information content (AvgIpc) is 2.72. The van der Waals surface area contributed by atoms with Crippen LogP contribution >= 0.6 is 0 Å². The molecular formula is C12H22N2O2. The second kappa shape index (κ2) is 7.28. The Hall–Kier alpha value is -1.03. The molecule has 0 saturated carbocycles. The summed E-state index contributed by atoms with van der Waals surface area (Å²) in [6, 6.07) is 0. The minimum atomic E-state index is 0.385. The monoisotopic (exact) mass is 226 g/mol. The van der Waals surface area contributed by atoms with Crippen molar-refractivity contribution in [3.63, 3.8) is 0 Å². The fourth-order valence-electron chi connectivity index (χ4n) is 1.48. The maximum absolute atomic E-state index is 5.48. The van der Waals surface area contributed by atoms with Gasteiger partial charge < -0.3 is 14.5 Å². The van der Waals surface area contributed by atoms with Gasteiger partial charge in [-0.05, 0) is 18.9 Å². The lowest BCUT2D eigenvalue weighted by atomic mass is 10.1.